The number of morpholine rings is 1. The first-order chi connectivity index (χ1) is 11.6. The minimum Gasteiger partial charge on any atom is -0.379 e. The Balaban J connectivity index is 1.60. The summed E-state index contributed by atoms with van der Waals surface area (Å²) in [6.45, 7) is 10.1. The summed E-state index contributed by atoms with van der Waals surface area (Å²) in [5.74, 6) is 0.545. The number of nitrogens with zero attached hydrogens (tertiary/aromatic N) is 2. The summed E-state index contributed by atoms with van der Waals surface area (Å²) < 4.78 is 5.34. The average Bonchev–Trinajstić information content (AvgIpc) is 2.60. The van der Waals surface area contributed by atoms with Crippen LogP contribution in [0.15, 0.2) is 29.4 Å². The lowest BCUT2D eigenvalue weighted by atomic mass is 10.0. The molecular weight excluding hydrogens is 320 g/mol. The molecule has 6 heteroatoms. The fourth-order valence-electron chi connectivity index (χ4n) is 2.50. The van der Waals surface area contributed by atoms with Gasteiger partial charge in [-0.3, -0.25) is 10.3 Å². The van der Waals surface area contributed by atoms with Gasteiger partial charge >= 0.3 is 0 Å². The molecule has 1 aliphatic heterocycles. The van der Waals surface area contributed by atoms with E-state index in [1.165, 1.54) is 5.56 Å². The summed E-state index contributed by atoms with van der Waals surface area (Å²) in [6, 6.07) is 8.40. The number of benzene rings is 1. The Morgan fingerprint density at radius 3 is 2.67 bits per heavy atom. The zero-order valence-corrected chi connectivity index (χ0v) is 15.4. The van der Waals surface area contributed by atoms with Gasteiger partial charge in [-0.2, -0.15) is 5.10 Å². The molecule has 0 aliphatic carbocycles. The smallest absolute Gasteiger partial charge is 0.186 e. The molecule has 0 atom stereocenters. The third-order valence-electron chi connectivity index (χ3n) is 4.02. The topological polar surface area (TPSA) is 48.9 Å². The number of hydrogen-bond acceptors (Lipinski definition) is 4. The van der Waals surface area contributed by atoms with Crippen molar-refractivity contribution in [1.29, 1.82) is 0 Å². The molecule has 0 amide bonds. The summed E-state index contributed by atoms with van der Waals surface area (Å²) in [4.78, 5) is 2.42. The maximum Gasteiger partial charge on any atom is 0.186 e. The fraction of sp³-hybridized carbons (Fsp3) is 0.556. The highest BCUT2D eigenvalue weighted by molar-refractivity contribution is 7.80. The Morgan fingerprint density at radius 2 is 2.00 bits per heavy atom. The van der Waals surface area contributed by atoms with E-state index in [0.29, 0.717) is 11.0 Å². The lowest BCUT2D eigenvalue weighted by molar-refractivity contribution is 0.0376. The van der Waals surface area contributed by atoms with Gasteiger partial charge in [0.15, 0.2) is 5.11 Å². The van der Waals surface area contributed by atoms with Crippen LogP contribution in [0.4, 0.5) is 0 Å². The van der Waals surface area contributed by atoms with Crippen LogP contribution < -0.4 is 10.7 Å². The number of ether oxygens (including phenoxy) is 1. The van der Waals surface area contributed by atoms with Gasteiger partial charge in [0.2, 0.25) is 0 Å². The predicted octanol–water partition coefficient (Wildman–Crippen LogP) is 2.33. The van der Waals surface area contributed by atoms with Crippen LogP contribution >= 0.6 is 12.2 Å². The zero-order valence-electron chi connectivity index (χ0n) is 14.6. The zero-order chi connectivity index (χ0) is 17.2. The second-order valence-corrected chi connectivity index (χ2v) is 6.66. The highest BCUT2D eigenvalue weighted by Gasteiger charge is 2.08. The van der Waals surface area contributed by atoms with E-state index in [2.05, 4.69) is 58.9 Å². The third-order valence-corrected chi connectivity index (χ3v) is 4.26. The van der Waals surface area contributed by atoms with E-state index in [1.807, 2.05) is 0 Å². The minimum atomic E-state index is 0.545. The number of thiocarbonyl (C=S) groups is 1. The second kappa shape index (κ2) is 10.4. The van der Waals surface area contributed by atoms with Gasteiger partial charge in [-0.25, -0.2) is 0 Å². The Hall–Kier alpha value is -1.50. The summed E-state index contributed by atoms with van der Waals surface area (Å²) in [7, 11) is 0. The van der Waals surface area contributed by atoms with Gasteiger partial charge in [-0.05, 0) is 42.2 Å². The first-order valence-electron chi connectivity index (χ1n) is 8.62. The van der Waals surface area contributed by atoms with E-state index in [4.69, 9.17) is 17.0 Å². The number of nitrogens with one attached hydrogen (secondary N) is 2. The van der Waals surface area contributed by atoms with Gasteiger partial charge in [0.25, 0.3) is 0 Å². The van der Waals surface area contributed by atoms with Crippen LogP contribution in [0, 0.1) is 0 Å². The molecular formula is C18H28N4OS. The van der Waals surface area contributed by atoms with Gasteiger partial charge in [0.1, 0.15) is 0 Å². The van der Waals surface area contributed by atoms with Crippen LogP contribution in [0.25, 0.3) is 0 Å². The summed E-state index contributed by atoms with van der Waals surface area (Å²) in [5.41, 5.74) is 5.25. The van der Waals surface area contributed by atoms with Crippen molar-refractivity contribution in [3.05, 3.63) is 35.4 Å². The molecule has 0 bridgehead atoms. The Labute approximate surface area is 150 Å². The molecule has 5 nitrogen and oxygen atoms in total. The molecule has 1 heterocycles. The van der Waals surface area contributed by atoms with Crippen LogP contribution in [0.5, 0.6) is 0 Å². The maximum absolute atomic E-state index is 5.34. The molecule has 0 unspecified atom stereocenters. The lowest BCUT2D eigenvalue weighted by Gasteiger charge is -2.26. The predicted molar refractivity (Wildman–Crippen MR) is 104 cm³/mol. The molecule has 2 N–H and O–H groups in total. The molecule has 1 fully saturated rings. The second-order valence-electron chi connectivity index (χ2n) is 6.25. The van der Waals surface area contributed by atoms with Crippen molar-refractivity contribution in [2.75, 3.05) is 39.4 Å². The quantitative estimate of drug-likeness (QED) is 0.343. The molecule has 24 heavy (non-hydrogen) atoms. The molecule has 132 valence electrons. The Morgan fingerprint density at radius 1 is 1.29 bits per heavy atom. The molecule has 1 aliphatic rings. The number of hydrogen-bond donors (Lipinski definition) is 2. The van der Waals surface area contributed by atoms with Gasteiger partial charge in [-0.1, -0.05) is 38.1 Å². The van der Waals surface area contributed by atoms with Crippen molar-refractivity contribution in [3.63, 3.8) is 0 Å². The first-order valence-corrected chi connectivity index (χ1v) is 9.03. The van der Waals surface area contributed by atoms with Crippen molar-refractivity contribution in [2.24, 2.45) is 5.10 Å². The van der Waals surface area contributed by atoms with E-state index >= 15 is 0 Å². The minimum absolute atomic E-state index is 0.545. The van der Waals surface area contributed by atoms with E-state index in [9.17, 15) is 0 Å². The van der Waals surface area contributed by atoms with E-state index in [-0.39, 0.29) is 0 Å². The van der Waals surface area contributed by atoms with Gasteiger partial charge in [0, 0.05) is 19.6 Å². The molecule has 1 aromatic rings. The van der Waals surface area contributed by atoms with Gasteiger partial charge < -0.3 is 10.1 Å². The Kier molecular flexibility index (Phi) is 8.15. The van der Waals surface area contributed by atoms with E-state index in [0.717, 1.165) is 51.4 Å². The maximum atomic E-state index is 5.34. The third kappa shape index (κ3) is 6.95. The highest BCUT2D eigenvalue weighted by Crippen LogP contribution is 2.13. The normalized spacial score (nSPS) is 15.8. The van der Waals surface area contributed by atoms with Crippen molar-refractivity contribution in [3.8, 4) is 0 Å². The average molecular weight is 349 g/mol. The lowest BCUT2D eigenvalue weighted by Crippen LogP contribution is -2.39. The van der Waals surface area contributed by atoms with Crippen LogP contribution in [-0.4, -0.2) is 55.6 Å². The summed E-state index contributed by atoms with van der Waals surface area (Å²) in [6.07, 6.45) is 2.84. The summed E-state index contributed by atoms with van der Waals surface area (Å²) in [5, 5.41) is 7.92. The van der Waals surface area contributed by atoms with Crippen LogP contribution in [0.1, 0.15) is 37.3 Å². The van der Waals surface area contributed by atoms with Crippen molar-refractivity contribution in [2.45, 2.75) is 26.2 Å². The van der Waals surface area contributed by atoms with Gasteiger partial charge in [-0.15, -0.1) is 0 Å². The van der Waals surface area contributed by atoms with Gasteiger partial charge in [0.05, 0.1) is 19.4 Å². The monoisotopic (exact) mass is 348 g/mol. The van der Waals surface area contributed by atoms with E-state index < -0.39 is 0 Å². The largest absolute Gasteiger partial charge is 0.379 e. The number of hydrazone groups is 1. The van der Waals surface area contributed by atoms with E-state index in [1.54, 1.807) is 6.21 Å². The number of rotatable bonds is 7. The van der Waals surface area contributed by atoms with Crippen LogP contribution in [0.3, 0.4) is 0 Å². The molecule has 2 rings (SSSR count). The summed E-state index contributed by atoms with van der Waals surface area (Å²) >= 11 is 5.22. The van der Waals surface area contributed by atoms with Crippen LogP contribution in [-0.2, 0) is 4.74 Å². The fourth-order valence-corrected chi connectivity index (χ4v) is 2.66. The van der Waals surface area contributed by atoms with Crippen molar-refractivity contribution < 1.29 is 4.74 Å². The molecule has 1 saturated heterocycles. The standard InChI is InChI=1S/C18H28N4OS/c1-15(2)17-6-4-16(5-7-17)14-20-21-18(24)19-8-3-9-22-10-12-23-13-11-22/h4-7,14-15H,3,8-13H2,1-2H3,(H2,19,21,24)/b20-14+. The first kappa shape index (κ1) is 18.8. The SMILES string of the molecule is CC(C)c1ccc(/C=N/NC(=S)NCCCN2CCOCC2)cc1. The molecule has 0 saturated carbocycles. The molecule has 0 radical (unpaired) electrons. The molecule has 0 aromatic heterocycles. The molecule has 1 aromatic carbocycles. The van der Waals surface area contributed by atoms with Crippen molar-refractivity contribution in [1.82, 2.24) is 15.6 Å². The Bertz CT molecular complexity index is 524. The molecule has 0 spiro atoms. The van der Waals surface area contributed by atoms with Crippen molar-refractivity contribution >= 4 is 23.5 Å². The van der Waals surface area contributed by atoms with Crippen LogP contribution in [0.2, 0.25) is 0 Å². The highest BCUT2D eigenvalue weighted by atomic mass is 32.1.